The van der Waals surface area contributed by atoms with Gasteiger partial charge in [-0.25, -0.2) is 0 Å². The van der Waals surface area contributed by atoms with Gasteiger partial charge in [-0.1, -0.05) is 13.3 Å². The van der Waals surface area contributed by atoms with Gasteiger partial charge in [0.05, 0.1) is 17.7 Å². The lowest BCUT2D eigenvalue weighted by Gasteiger charge is -2.21. The molecule has 2 aromatic rings. The zero-order valence-electron chi connectivity index (χ0n) is 11.0. The predicted octanol–water partition coefficient (Wildman–Crippen LogP) is 2.17. The second-order valence-corrected chi connectivity index (χ2v) is 4.61. The van der Waals surface area contributed by atoms with Crippen LogP contribution in [0.25, 0.3) is 0 Å². The first-order valence-corrected chi connectivity index (χ1v) is 6.44. The van der Waals surface area contributed by atoms with Gasteiger partial charge >= 0.3 is 0 Å². The normalized spacial score (nSPS) is 17.5. The molecule has 102 valence electrons. The van der Waals surface area contributed by atoms with Crippen LogP contribution in [-0.2, 0) is 6.42 Å². The van der Waals surface area contributed by atoms with Gasteiger partial charge in [0, 0.05) is 5.69 Å². The zero-order valence-corrected chi connectivity index (χ0v) is 11.0. The third kappa shape index (κ3) is 1.75. The maximum absolute atomic E-state index is 9.37. The number of furan rings is 1. The van der Waals surface area contributed by atoms with E-state index in [4.69, 9.17) is 14.9 Å². The van der Waals surface area contributed by atoms with Gasteiger partial charge in [-0.15, -0.1) is 5.10 Å². The Bertz CT molecular complexity index is 691. The van der Waals surface area contributed by atoms with Gasteiger partial charge in [-0.05, 0) is 18.6 Å². The van der Waals surface area contributed by atoms with Crippen LogP contribution in [0.4, 0.5) is 0 Å². The number of aryl methyl sites for hydroxylation is 1. The van der Waals surface area contributed by atoms with Crippen molar-refractivity contribution in [2.45, 2.75) is 25.7 Å². The molecular weight excluding hydrogens is 256 g/mol. The number of ether oxygens (including phenoxy) is 1. The molecule has 1 aliphatic heterocycles. The average molecular weight is 270 g/mol. The summed E-state index contributed by atoms with van der Waals surface area (Å²) in [5, 5.41) is 16.5. The van der Waals surface area contributed by atoms with Crippen molar-refractivity contribution in [1.29, 1.82) is 5.26 Å². The molecule has 6 heteroatoms. The molecule has 0 amide bonds. The van der Waals surface area contributed by atoms with Gasteiger partial charge in [0.25, 0.3) is 0 Å². The number of nitrogens with one attached hydrogen (secondary N) is 1. The van der Waals surface area contributed by atoms with E-state index in [0.29, 0.717) is 17.2 Å². The first-order chi connectivity index (χ1) is 9.76. The van der Waals surface area contributed by atoms with Crippen molar-refractivity contribution in [1.82, 2.24) is 10.2 Å². The predicted molar refractivity (Wildman–Crippen MR) is 70.6 cm³/mol. The second kappa shape index (κ2) is 4.78. The van der Waals surface area contributed by atoms with Gasteiger partial charge in [0.15, 0.2) is 0 Å². The number of allylic oxidation sites excluding steroid dienone is 1. The summed E-state index contributed by atoms with van der Waals surface area (Å²) < 4.78 is 10.9. The highest BCUT2D eigenvalue weighted by molar-refractivity contribution is 5.53. The Morgan fingerprint density at radius 3 is 3.05 bits per heavy atom. The summed E-state index contributed by atoms with van der Waals surface area (Å²) in [4.78, 5) is 0. The van der Waals surface area contributed by atoms with E-state index in [9.17, 15) is 5.26 Å². The lowest BCUT2D eigenvalue weighted by Crippen LogP contribution is -2.21. The fourth-order valence-electron chi connectivity index (χ4n) is 2.49. The Hall–Kier alpha value is -2.68. The number of aromatic nitrogens is 2. The lowest BCUT2D eigenvalue weighted by molar-refractivity contribution is 0.370. The van der Waals surface area contributed by atoms with Gasteiger partial charge in [0.2, 0.25) is 11.8 Å². The maximum atomic E-state index is 9.37. The van der Waals surface area contributed by atoms with Crippen LogP contribution in [-0.4, -0.2) is 10.2 Å². The van der Waals surface area contributed by atoms with Crippen molar-refractivity contribution in [3.05, 3.63) is 46.9 Å². The van der Waals surface area contributed by atoms with E-state index in [-0.39, 0.29) is 11.8 Å². The Morgan fingerprint density at radius 1 is 1.55 bits per heavy atom. The summed E-state index contributed by atoms with van der Waals surface area (Å²) in [6, 6.07) is 5.73. The molecule has 0 radical (unpaired) electrons. The third-order valence-corrected chi connectivity index (χ3v) is 3.35. The minimum absolute atomic E-state index is 0.0796. The van der Waals surface area contributed by atoms with E-state index in [1.807, 2.05) is 6.07 Å². The molecule has 0 fully saturated rings. The summed E-state index contributed by atoms with van der Waals surface area (Å²) in [6.45, 7) is 2.08. The molecule has 3 N–H and O–H groups in total. The standard InChI is InChI=1S/C14H14N4O2/c1-2-4-9-12-11(10-5-3-6-19-10)8(7-15)13(16)20-14(12)18-17-9/h3,5-6,11H,2,4,16H2,1H3,(H,17,18)/t11-/m1/s1. The van der Waals surface area contributed by atoms with Crippen LogP contribution in [0.3, 0.4) is 0 Å². The van der Waals surface area contributed by atoms with Crippen LogP contribution in [0.5, 0.6) is 5.88 Å². The van der Waals surface area contributed by atoms with Crippen molar-refractivity contribution in [2.24, 2.45) is 5.73 Å². The minimum Gasteiger partial charge on any atom is -0.468 e. The summed E-state index contributed by atoms with van der Waals surface area (Å²) in [5.74, 6) is 0.800. The van der Waals surface area contributed by atoms with Crippen LogP contribution in [0.15, 0.2) is 34.3 Å². The Labute approximate surface area is 115 Å². The highest BCUT2D eigenvalue weighted by Gasteiger charge is 2.36. The molecule has 0 unspecified atom stereocenters. The lowest BCUT2D eigenvalue weighted by atomic mass is 9.87. The number of nitrogens with zero attached hydrogens (tertiary/aromatic N) is 2. The van der Waals surface area contributed by atoms with Crippen molar-refractivity contribution in [2.75, 3.05) is 0 Å². The van der Waals surface area contributed by atoms with E-state index in [2.05, 4.69) is 23.2 Å². The van der Waals surface area contributed by atoms with Gasteiger partial charge in [-0.3, -0.25) is 5.10 Å². The van der Waals surface area contributed by atoms with E-state index in [1.54, 1.807) is 12.3 Å². The molecular formula is C14H14N4O2. The quantitative estimate of drug-likeness (QED) is 0.890. The number of rotatable bonds is 3. The molecule has 2 aromatic heterocycles. The molecule has 1 aliphatic rings. The highest BCUT2D eigenvalue weighted by Crippen LogP contribution is 2.42. The first-order valence-electron chi connectivity index (χ1n) is 6.44. The fourth-order valence-corrected chi connectivity index (χ4v) is 2.49. The number of nitriles is 1. The largest absolute Gasteiger partial charge is 0.468 e. The molecule has 0 saturated carbocycles. The highest BCUT2D eigenvalue weighted by atomic mass is 16.5. The molecule has 0 aromatic carbocycles. The molecule has 0 bridgehead atoms. The van der Waals surface area contributed by atoms with Crippen LogP contribution in [0, 0.1) is 11.3 Å². The fraction of sp³-hybridized carbons (Fsp3) is 0.286. The number of aromatic amines is 1. The summed E-state index contributed by atoms with van der Waals surface area (Å²) >= 11 is 0. The first kappa shape index (κ1) is 12.4. The number of fused-ring (bicyclic) bond motifs is 1. The molecule has 6 nitrogen and oxygen atoms in total. The average Bonchev–Trinajstić information content (AvgIpc) is 3.08. The van der Waals surface area contributed by atoms with E-state index in [0.717, 1.165) is 24.1 Å². The second-order valence-electron chi connectivity index (χ2n) is 4.61. The Kier molecular flexibility index (Phi) is 2.95. The molecule has 0 aliphatic carbocycles. The summed E-state index contributed by atoms with van der Waals surface area (Å²) in [5.41, 5.74) is 7.96. The Morgan fingerprint density at radius 2 is 2.40 bits per heavy atom. The number of hydrogen-bond acceptors (Lipinski definition) is 5. The summed E-state index contributed by atoms with van der Waals surface area (Å²) in [6.07, 6.45) is 3.36. The Balaban J connectivity index is 2.19. The van der Waals surface area contributed by atoms with Gasteiger partial charge in [0.1, 0.15) is 17.4 Å². The molecule has 3 heterocycles. The molecule has 1 atom stereocenters. The maximum Gasteiger partial charge on any atom is 0.244 e. The van der Waals surface area contributed by atoms with Crippen molar-refractivity contribution in [3.63, 3.8) is 0 Å². The number of H-pyrrole nitrogens is 1. The smallest absolute Gasteiger partial charge is 0.244 e. The topological polar surface area (TPSA) is 101 Å². The SMILES string of the molecule is CCCc1[nH]nc2c1[C@@H](c1ccco1)C(C#N)=C(N)O2. The number of hydrogen-bond donors (Lipinski definition) is 2. The minimum atomic E-state index is -0.362. The van der Waals surface area contributed by atoms with Gasteiger partial charge in [-0.2, -0.15) is 5.26 Å². The monoisotopic (exact) mass is 270 g/mol. The molecule has 20 heavy (non-hydrogen) atoms. The van der Waals surface area contributed by atoms with Gasteiger partial charge < -0.3 is 14.9 Å². The van der Waals surface area contributed by atoms with Crippen molar-refractivity contribution < 1.29 is 9.15 Å². The van der Waals surface area contributed by atoms with Crippen LogP contribution in [0.1, 0.15) is 36.3 Å². The van der Waals surface area contributed by atoms with E-state index in [1.165, 1.54) is 0 Å². The van der Waals surface area contributed by atoms with E-state index >= 15 is 0 Å². The van der Waals surface area contributed by atoms with Crippen LogP contribution >= 0.6 is 0 Å². The molecule has 3 rings (SSSR count). The zero-order chi connectivity index (χ0) is 14.1. The van der Waals surface area contributed by atoms with E-state index < -0.39 is 0 Å². The summed E-state index contributed by atoms with van der Waals surface area (Å²) in [7, 11) is 0. The molecule has 0 spiro atoms. The number of nitrogens with two attached hydrogens (primary N) is 1. The van der Waals surface area contributed by atoms with Crippen LogP contribution in [0.2, 0.25) is 0 Å². The van der Waals surface area contributed by atoms with Crippen molar-refractivity contribution >= 4 is 0 Å². The molecule has 0 saturated heterocycles. The van der Waals surface area contributed by atoms with Crippen LogP contribution < -0.4 is 10.5 Å². The third-order valence-electron chi connectivity index (χ3n) is 3.35. The van der Waals surface area contributed by atoms with Crippen molar-refractivity contribution in [3.8, 4) is 11.9 Å².